The van der Waals surface area contributed by atoms with Crippen LogP contribution in [-0.4, -0.2) is 34.7 Å². The number of aromatic nitrogens is 2. The van der Waals surface area contributed by atoms with Crippen LogP contribution in [0.3, 0.4) is 0 Å². The van der Waals surface area contributed by atoms with Crippen molar-refractivity contribution in [2.24, 2.45) is 5.92 Å². The zero-order valence-electron chi connectivity index (χ0n) is 22.1. The average molecular weight is 521 g/mol. The second kappa shape index (κ2) is 8.63. The molecule has 194 valence electrons. The van der Waals surface area contributed by atoms with Crippen LogP contribution in [0.4, 0.5) is 0 Å². The van der Waals surface area contributed by atoms with Gasteiger partial charge in [0, 0.05) is 23.4 Å². The Bertz CT molecular complexity index is 1540. The molecule has 0 saturated carbocycles. The number of esters is 2. The zero-order valence-corrected chi connectivity index (χ0v) is 23.1. The van der Waals surface area contributed by atoms with Crippen LogP contribution in [-0.2, 0) is 33.1 Å². The molecule has 2 aromatic heterocycles. The van der Waals surface area contributed by atoms with E-state index in [9.17, 15) is 19.5 Å². The number of nitrogens with zero attached hydrogens (tertiary/aromatic N) is 2. The van der Waals surface area contributed by atoms with Crippen molar-refractivity contribution in [3.63, 3.8) is 0 Å². The lowest BCUT2D eigenvalue weighted by Crippen LogP contribution is -2.44. The fourth-order valence-electron chi connectivity index (χ4n) is 5.96. The Morgan fingerprint density at radius 3 is 2.65 bits per heavy atom. The fraction of sp³-hybridized carbons (Fsp3) is 0.429. The molecule has 0 radical (unpaired) electrons. The third-order valence-electron chi connectivity index (χ3n) is 7.54. The summed E-state index contributed by atoms with van der Waals surface area (Å²) in [4.78, 5) is 43.0. The standard InChI is InChI=1S/C28H32N2O6Si/c1-7-28(34)20-11-21-24-17(12-30(21)26(32)19(20)13-35-27(28)33)10-18-22(36-16(4)31)8-9-23(25(18)29-24)37(5,6)14-15(2)3/h8-11,15,34H,7,12-14H2,1-6H3/t28-/m0/s1. The van der Waals surface area contributed by atoms with E-state index in [0.29, 0.717) is 28.6 Å². The molecule has 1 aromatic carbocycles. The molecule has 9 heteroatoms. The summed E-state index contributed by atoms with van der Waals surface area (Å²) in [5.41, 5.74) is 1.18. The van der Waals surface area contributed by atoms with Gasteiger partial charge in [0.1, 0.15) is 12.4 Å². The number of pyridine rings is 2. The van der Waals surface area contributed by atoms with Crippen LogP contribution in [0.15, 0.2) is 29.1 Å². The van der Waals surface area contributed by atoms with Crippen LogP contribution in [0, 0.1) is 5.92 Å². The predicted octanol–water partition coefficient (Wildman–Crippen LogP) is 3.58. The lowest BCUT2D eigenvalue weighted by Gasteiger charge is -2.31. The lowest BCUT2D eigenvalue weighted by atomic mass is 9.86. The van der Waals surface area contributed by atoms with Gasteiger partial charge in [0.05, 0.1) is 37.1 Å². The Labute approximate surface area is 216 Å². The van der Waals surface area contributed by atoms with Crippen molar-refractivity contribution in [2.75, 3.05) is 0 Å². The van der Waals surface area contributed by atoms with E-state index < -0.39 is 25.6 Å². The van der Waals surface area contributed by atoms with Gasteiger partial charge in [-0.05, 0) is 35.7 Å². The van der Waals surface area contributed by atoms with Crippen molar-refractivity contribution in [1.29, 1.82) is 0 Å². The second-order valence-corrected chi connectivity index (χ2v) is 15.9. The molecule has 37 heavy (non-hydrogen) atoms. The molecule has 0 aliphatic carbocycles. The molecule has 8 nitrogen and oxygen atoms in total. The molecule has 3 aromatic rings. The summed E-state index contributed by atoms with van der Waals surface area (Å²) in [7, 11) is -1.94. The Morgan fingerprint density at radius 2 is 2.00 bits per heavy atom. The van der Waals surface area contributed by atoms with Crippen LogP contribution in [0.1, 0.15) is 50.8 Å². The molecule has 2 aliphatic heterocycles. The van der Waals surface area contributed by atoms with E-state index in [2.05, 4.69) is 26.9 Å². The zero-order chi connectivity index (χ0) is 26.9. The Balaban J connectivity index is 1.79. The minimum Gasteiger partial charge on any atom is -0.458 e. The van der Waals surface area contributed by atoms with Gasteiger partial charge in [-0.2, -0.15) is 0 Å². The SMILES string of the molecule is CC[C@@]1(O)C(=O)OCc2c1cc1n(c2=O)Cc2cc3c(OC(C)=O)ccc([Si](C)(C)CC(C)C)c3nc2-1. The van der Waals surface area contributed by atoms with Crippen molar-refractivity contribution in [1.82, 2.24) is 9.55 Å². The van der Waals surface area contributed by atoms with E-state index in [1.54, 1.807) is 17.6 Å². The maximum Gasteiger partial charge on any atom is 0.343 e. The molecule has 1 atom stereocenters. The van der Waals surface area contributed by atoms with Crippen molar-refractivity contribution in [2.45, 2.75) is 72.0 Å². The first-order valence-corrected chi connectivity index (χ1v) is 15.9. The van der Waals surface area contributed by atoms with Gasteiger partial charge in [-0.3, -0.25) is 9.59 Å². The van der Waals surface area contributed by atoms with Crippen molar-refractivity contribution >= 4 is 36.1 Å². The first-order chi connectivity index (χ1) is 17.4. The van der Waals surface area contributed by atoms with E-state index in [0.717, 1.165) is 27.7 Å². The van der Waals surface area contributed by atoms with Crippen LogP contribution in [0.5, 0.6) is 5.75 Å². The van der Waals surface area contributed by atoms with E-state index in [1.165, 1.54) is 6.92 Å². The summed E-state index contributed by atoms with van der Waals surface area (Å²) in [6.07, 6.45) is 0.0879. The minimum atomic E-state index is -1.94. The first-order valence-electron chi connectivity index (χ1n) is 12.7. The van der Waals surface area contributed by atoms with Gasteiger partial charge in [-0.1, -0.05) is 46.0 Å². The van der Waals surface area contributed by atoms with Crippen molar-refractivity contribution < 1.29 is 24.2 Å². The molecule has 0 amide bonds. The predicted molar refractivity (Wildman–Crippen MR) is 143 cm³/mol. The Hall–Kier alpha value is -3.30. The smallest absolute Gasteiger partial charge is 0.343 e. The minimum absolute atomic E-state index is 0.0879. The topological polar surface area (TPSA) is 108 Å². The monoisotopic (exact) mass is 520 g/mol. The largest absolute Gasteiger partial charge is 0.458 e. The number of aliphatic hydroxyl groups is 1. The summed E-state index contributed by atoms with van der Waals surface area (Å²) in [5.74, 6) is -0.204. The molecule has 0 saturated heterocycles. The van der Waals surface area contributed by atoms with Crippen LogP contribution >= 0.6 is 0 Å². The summed E-state index contributed by atoms with van der Waals surface area (Å²) in [6.45, 7) is 12.2. The highest BCUT2D eigenvalue weighted by molar-refractivity contribution is 6.91. The van der Waals surface area contributed by atoms with Gasteiger partial charge in [-0.25, -0.2) is 9.78 Å². The summed E-state index contributed by atoms with van der Waals surface area (Å²) < 4.78 is 12.3. The maximum absolute atomic E-state index is 13.5. The van der Waals surface area contributed by atoms with Gasteiger partial charge >= 0.3 is 11.9 Å². The fourth-order valence-corrected chi connectivity index (χ4v) is 9.59. The number of hydrogen-bond donors (Lipinski definition) is 1. The number of benzene rings is 1. The number of cyclic esters (lactones) is 1. The molecule has 0 spiro atoms. The molecule has 4 heterocycles. The highest BCUT2D eigenvalue weighted by Crippen LogP contribution is 2.40. The Morgan fingerprint density at radius 1 is 1.27 bits per heavy atom. The third-order valence-corrected chi connectivity index (χ3v) is 11.2. The van der Waals surface area contributed by atoms with Gasteiger partial charge in [0.15, 0.2) is 5.60 Å². The molecule has 5 rings (SSSR count). The van der Waals surface area contributed by atoms with E-state index >= 15 is 0 Å². The third kappa shape index (κ3) is 3.92. The number of carbonyl (C=O) groups is 2. The molecule has 2 aliphatic rings. The molecular formula is C28H32N2O6Si. The normalized spacial score (nSPS) is 18.4. The van der Waals surface area contributed by atoms with Gasteiger partial charge in [-0.15, -0.1) is 0 Å². The maximum atomic E-state index is 13.5. The Kier molecular flexibility index (Phi) is 5.91. The van der Waals surface area contributed by atoms with Crippen molar-refractivity contribution in [3.05, 3.63) is 51.3 Å². The summed E-state index contributed by atoms with van der Waals surface area (Å²) in [5, 5.41) is 13.0. The van der Waals surface area contributed by atoms with Gasteiger partial charge in [0.2, 0.25) is 0 Å². The number of hydrogen-bond acceptors (Lipinski definition) is 7. The molecular weight excluding hydrogens is 488 g/mol. The highest BCUT2D eigenvalue weighted by Gasteiger charge is 2.45. The lowest BCUT2D eigenvalue weighted by molar-refractivity contribution is -0.172. The van der Waals surface area contributed by atoms with Gasteiger partial charge < -0.3 is 19.1 Å². The van der Waals surface area contributed by atoms with E-state index in [-0.39, 0.29) is 30.7 Å². The second-order valence-electron chi connectivity index (χ2n) is 11.2. The van der Waals surface area contributed by atoms with Crippen molar-refractivity contribution in [3.8, 4) is 17.1 Å². The van der Waals surface area contributed by atoms with E-state index in [4.69, 9.17) is 14.5 Å². The number of carbonyl (C=O) groups excluding carboxylic acids is 2. The summed E-state index contributed by atoms with van der Waals surface area (Å²) >= 11 is 0. The molecule has 1 N–H and O–H groups in total. The molecule has 0 unspecified atom stereocenters. The molecule has 0 bridgehead atoms. The van der Waals surface area contributed by atoms with Gasteiger partial charge in [0.25, 0.3) is 5.56 Å². The van der Waals surface area contributed by atoms with Crippen LogP contribution in [0.2, 0.25) is 19.1 Å². The van der Waals surface area contributed by atoms with Crippen LogP contribution < -0.4 is 15.5 Å². The molecule has 0 fully saturated rings. The number of fused-ring (bicyclic) bond motifs is 5. The quantitative estimate of drug-likeness (QED) is 0.243. The van der Waals surface area contributed by atoms with Crippen LogP contribution in [0.25, 0.3) is 22.3 Å². The average Bonchev–Trinajstić information content (AvgIpc) is 3.17. The number of rotatable bonds is 5. The summed E-state index contributed by atoms with van der Waals surface area (Å²) in [6, 6.07) is 8.60. The van der Waals surface area contributed by atoms with E-state index in [1.807, 2.05) is 18.2 Å². The highest BCUT2D eigenvalue weighted by atomic mass is 28.3. The number of ether oxygens (including phenoxy) is 2. The first kappa shape index (κ1) is 25.4.